The van der Waals surface area contributed by atoms with Gasteiger partial charge in [-0.25, -0.2) is 0 Å². The molecule has 0 aliphatic heterocycles. The van der Waals surface area contributed by atoms with Crippen LogP contribution in [0.3, 0.4) is 0 Å². The number of carbonyl (C=O) groups is 1. The van der Waals surface area contributed by atoms with Gasteiger partial charge in [0, 0.05) is 26.2 Å². The Balaban J connectivity index is 1.78. The van der Waals surface area contributed by atoms with Crippen molar-refractivity contribution in [2.45, 2.75) is 6.42 Å². The van der Waals surface area contributed by atoms with E-state index in [0.717, 1.165) is 5.69 Å². The Morgan fingerprint density at radius 3 is 3.12 bits per heavy atom. The maximum atomic E-state index is 11.4. The molecule has 0 saturated carbocycles. The van der Waals surface area contributed by atoms with Crippen molar-refractivity contribution in [3.05, 3.63) is 29.8 Å². The summed E-state index contributed by atoms with van der Waals surface area (Å²) in [5.41, 5.74) is 1.24. The van der Waals surface area contributed by atoms with Gasteiger partial charge in [0.15, 0.2) is 5.69 Å². The highest BCUT2D eigenvalue weighted by molar-refractivity contribution is 5.91. The number of aromatic nitrogens is 5. The predicted octanol–water partition coefficient (Wildman–Crippen LogP) is -0.489. The molecular formula is C9H12N6O. The minimum atomic E-state index is -0.232. The van der Waals surface area contributed by atoms with Gasteiger partial charge in [0.25, 0.3) is 5.91 Å². The van der Waals surface area contributed by atoms with Gasteiger partial charge in [-0.15, -0.1) is 0 Å². The lowest BCUT2D eigenvalue weighted by atomic mass is 10.3. The van der Waals surface area contributed by atoms with Crippen molar-refractivity contribution in [3.63, 3.8) is 0 Å². The number of rotatable bonds is 4. The molecule has 0 spiro atoms. The normalized spacial score (nSPS) is 10.3. The molecule has 2 N–H and O–H groups in total. The molecule has 0 saturated heterocycles. The summed E-state index contributed by atoms with van der Waals surface area (Å²) in [6.07, 6.45) is 3.95. The molecule has 7 nitrogen and oxygen atoms in total. The highest BCUT2D eigenvalue weighted by atomic mass is 16.1. The van der Waals surface area contributed by atoms with Crippen molar-refractivity contribution in [1.82, 2.24) is 30.5 Å². The molecule has 16 heavy (non-hydrogen) atoms. The van der Waals surface area contributed by atoms with E-state index in [-0.39, 0.29) is 5.91 Å². The van der Waals surface area contributed by atoms with Crippen LogP contribution in [0.15, 0.2) is 18.5 Å². The SMILES string of the molecule is Cn1ccc(CCNC(=O)c2cn[nH]n2)n1. The van der Waals surface area contributed by atoms with Crippen molar-refractivity contribution in [1.29, 1.82) is 0 Å². The molecule has 1 amide bonds. The molecule has 2 rings (SSSR count). The molecule has 0 fully saturated rings. The molecular weight excluding hydrogens is 208 g/mol. The van der Waals surface area contributed by atoms with Crippen molar-refractivity contribution >= 4 is 5.91 Å². The van der Waals surface area contributed by atoms with Gasteiger partial charge in [0.1, 0.15) is 0 Å². The van der Waals surface area contributed by atoms with E-state index in [0.29, 0.717) is 18.7 Å². The van der Waals surface area contributed by atoms with Crippen molar-refractivity contribution in [3.8, 4) is 0 Å². The number of hydrogen-bond donors (Lipinski definition) is 2. The van der Waals surface area contributed by atoms with Gasteiger partial charge in [0.05, 0.1) is 11.9 Å². The summed E-state index contributed by atoms with van der Waals surface area (Å²) in [4.78, 5) is 11.4. The fraction of sp³-hybridized carbons (Fsp3) is 0.333. The van der Waals surface area contributed by atoms with Crippen LogP contribution in [0.2, 0.25) is 0 Å². The van der Waals surface area contributed by atoms with Gasteiger partial charge in [-0.1, -0.05) is 0 Å². The topological polar surface area (TPSA) is 88.5 Å². The molecule has 0 unspecified atom stereocenters. The quantitative estimate of drug-likeness (QED) is 0.727. The number of hydrogen-bond acceptors (Lipinski definition) is 4. The molecule has 2 aromatic heterocycles. The monoisotopic (exact) mass is 220 g/mol. The summed E-state index contributed by atoms with van der Waals surface area (Å²) in [6.45, 7) is 0.530. The average molecular weight is 220 g/mol. The van der Waals surface area contributed by atoms with Crippen molar-refractivity contribution < 1.29 is 4.79 Å². The highest BCUT2D eigenvalue weighted by Gasteiger charge is 2.07. The lowest BCUT2D eigenvalue weighted by Gasteiger charge is -2.00. The standard InChI is InChI=1S/C9H12N6O/c1-15-5-3-7(13-15)2-4-10-9(16)8-6-11-14-12-8/h3,5-6H,2,4H2,1H3,(H,10,16)(H,11,12,14). The first-order valence-electron chi connectivity index (χ1n) is 4.88. The molecule has 0 bridgehead atoms. The predicted molar refractivity (Wildman–Crippen MR) is 55.6 cm³/mol. The first kappa shape index (κ1) is 10.3. The molecule has 7 heteroatoms. The zero-order valence-corrected chi connectivity index (χ0v) is 8.84. The van der Waals surface area contributed by atoms with Crippen molar-refractivity contribution in [2.75, 3.05) is 6.54 Å². The number of aromatic amines is 1. The molecule has 84 valence electrons. The van der Waals surface area contributed by atoms with E-state index in [1.54, 1.807) is 4.68 Å². The lowest BCUT2D eigenvalue weighted by Crippen LogP contribution is -2.26. The third-order valence-corrected chi connectivity index (χ3v) is 2.08. The lowest BCUT2D eigenvalue weighted by molar-refractivity contribution is 0.0949. The Morgan fingerprint density at radius 2 is 2.50 bits per heavy atom. The summed E-state index contributed by atoms with van der Waals surface area (Å²) in [5.74, 6) is -0.232. The van der Waals surface area contributed by atoms with Crippen LogP contribution in [0.4, 0.5) is 0 Å². The average Bonchev–Trinajstić information content (AvgIpc) is 2.89. The Bertz CT molecular complexity index is 460. The van der Waals surface area contributed by atoms with Crippen LogP contribution in [0, 0.1) is 0 Å². The second kappa shape index (κ2) is 4.56. The minimum Gasteiger partial charge on any atom is -0.350 e. The number of H-pyrrole nitrogens is 1. The van der Waals surface area contributed by atoms with Gasteiger partial charge < -0.3 is 5.32 Å². The van der Waals surface area contributed by atoms with Gasteiger partial charge in [-0.05, 0) is 6.07 Å². The third-order valence-electron chi connectivity index (χ3n) is 2.08. The van der Waals surface area contributed by atoms with E-state index in [9.17, 15) is 4.79 Å². The molecule has 0 atom stereocenters. The van der Waals surface area contributed by atoms with Crippen LogP contribution in [0.5, 0.6) is 0 Å². The molecule has 2 heterocycles. The van der Waals surface area contributed by atoms with Crippen LogP contribution >= 0.6 is 0 Å². The van der Waals surface area contributed by atoms with E-state index in [1.165, 1.54) is 6.20 Å². The maximum Gasteiger partial charge on any atom is 0.273 e. The summed E-state index contributed by atoms with van der Waals surface area (Å²) >= 11 is 0. The molecule has 0 aromatic carbocycles. The van der Waals surface area contributed by atoms with E-state index in [4.69, 9.17) is 0 Å². The van der Waals surface area contributed by atoms with Crippen LogP contribution in [-0.4, -0.2) is 37.6 Å². The van der Waals surface area contributed by atoms with Crippen LogP contribution in [0.25, 0.3) is 0 Å². The second-order valence-electron chi connectivity index (χ2n) is 3.34. The van der Waals surface area contributed by atoms with Crippen LogP contribution in [-0.2, 0) is 13.5 Å². The summed E-state index contributed by atoms with van der Waals surface area (Å²) in [5, 5.41) is 16.6. The van der Waals surface area contributed by atoms with Crippen molar-refractivity contribution in [2.24, 2.45) is 7.05 Å². The summed E-state index contributed by atoms with van der Waals surface area (Å²) in [7, 11) is 1.86. The summed E-state index contributed by atoms with van der Waals surface area (Å²) < 4.78 is 1.73. The number of aryl methyl sites for hydroxylation is 1. The number of nitrogens with one attached hydrogen (secondary N) is 2. The smallest absolute Gasteiger partial charge is 0.273 e. The number of amides is 1. The van der Waals surface area contributed by atoms with Gasteiger partial charge in [0.2, 0.25) is 0 Å². The largest absolute Gasteiger partial charge is 0.350 e. The van der Waals surface area contributed by atoms with E-state index >= 15 is 0 Å². The van der Waals surface area contributed by atoms with Gasteiger partial charge in [-0.2, -0.15) is 20.5 Å². The summed E-state index contributed by atoms with van der Waals surface area (Å²) in [6, 6.07) is 1.92. The first-order chi connectivity index (χ1) is 7.75. The Morgan fingerprint density at radius 1 is 1.62 bits per heavy atom. The minimum absolute atomic E-state index is 0.232. The Hall–Kier alpha value is -2.18. The third kappa shape index (κ3) is 2.44. The van der Waals surface area contributed by atoms with Gasteiger partial charge in [-0.3, -0.25) is 9.48 Å². The van der Waals surface area contributed by atoms with Crippen LogP contribution < -0.4 is 5.32 Å². The molecule has 0 aliphatic carbocycles. The van der Waals surface area contributed by atoms with E-state index in [2.05, 4.69) is 25.8 Å². The second-order valence-corrected chi connectivity index (χ2v) is 3.34. The maximum absolute atomic E-state index is 11.4. The Kier molecular flexibility index (Phi) is 2.95. The molecule has 2 aromatic rings. The number of carbonyl (C=O) groups excluding carboxylic acids is 1. The highest BCUT2D eigenvalue weighted by Crippen LogP contribution is 1.94. The molecule has 0 aliphatic rings. The number of nitrogens with zero attached hydrogens (tertiary/aromatic N) is 4. The van der Waals surface area contributed by atoms with Gasteiger partial charge >= 0.3 is 0 Å². The van der Waals surface area contributed by atoms with E-state index < -0.39 is 0 Å². The molecule has 0 radical (unpaired) electrons. The zero-order valence-electron chi connectivity index (χ0n) is 8.84. The zero-order chi connectivity index (χ0) is 11.4. The fourth-order valence-corrected chi connectivity index (χ4v) is 1.30. The first-order valence-corrected chi connectivity index (χ1v) is 4.88. The van der Waals surface area contributed by atoms with Crippen LogP contribution in [0.1, 0.15) is 16.2 Å². The van der Waals surface area contributed by atoms with E-state index in [1.807, 2.05) is 19.3 Å². The Labute approximate surface area is 91.9 Å². The fourth-order valence-electron chi connectivity index (χ4n) is 1.30.